The van der Waals surface area contributed by atoms with Gasteiger partial charge in [0.25, 0.3) is 0 Å². The van der Waals surface area contributed by atoms with Crippen LogP contribution in [0.25, 0.3) is 0 Å². The van der Waals surface area contributed by atoms with Gasteiger partial charge in [-0.1, -0.05) is 18.2 Å². The molecule has 1 aliphatic rings. The second-order valence-corrected chi connectivity index (χ2v) is 4.53. The highest BCUT2D eigenvalue weighted by Crippen LogP contribution is 2.30. The molecular weight excluding hydrogens is 268 g/mol. The number of hydrogen-bond acceptors (Lipinski definition) is 4. The molecule has 2 rings (SSSR count). The predicted molar refractivity (Wildman–Crippen MR) is 79.1 cm³/mol. The fraction of sp³-hybridized carbons (Fsp3) is 0.176. The molecule has 0 saturated heterocycles. The molecule has 0 unspecified atom stereocenters. The highest BCUT2D eigenvalue weighted by molar-refractivity contribution is 6.19. The Balaban J connectivity index is 2.35. The first-order valence-corrected chi connectivity index (χ1v) is 6.43. The van der Waals surface area contributed by atoms with Crippen molar-refractivity contribution in [1.29, 1.82) is 0 Å². The number of ketones is 2. The molecule has 0 bridgehead atoms. The van der Waals surface area contributed by atoms with Gasteiger partial charge in [-0.3, -0.25) is 9.59 Å². The van der Waals surface area contributed by atoms with Crippen LogP contribution < -0.4 is 4.74 Å². The van der Waals surface area contributed by atoms with Crippen LogP contribution in [0.4, 0.5) is 0 Å². The fourth-order valence-electron chi connectivity index (χ4n) is 2.21. The number of carbonyl (C=O) groups excluding carboxylic acids is 2. The molecule has 0 fully saturated rings. The quantitative estimate of drug-likeness (QED) is 0.616. The molecular formula is C17H16O4. The zero-order chi connectivity index (χ0) is 15.4. The van der Waals surface area contributed by atoms with Gasteiger partial charge in [0.15, 0.2) is 11.5 Å². The van der Waals surface area contributed by atoms with Crippen LogP contribution in [0.15, 0.2) is 60.4 Å². The number of benzene rings is 1. The van der Waals surface area contributed by atoms with Crippen molar-refractivity contribution in [2.24, 2.45) is 0 Å². The molecule has 4 nitrogen and oxygen atoms in total. The second kappa shape index (κ2) is 6.22. The third-order valence-electron chi connectivity index (χ3n) is 3.34. The molecule has 0 radical (unpaired) electrons. The van der Waals surface area contributed by atoms with Crippen LogP contribution >= 0.6 is 0 Å². The van der Waals surface area contributed by atoms with Crippen molar-refractivity contribution in [3.8, 4) is 5.75 Å². The molecule has 1 aliphatic carbocycles. The number of hydrogen-bond donors (Lipinski definition) is 0. The Morgan fingerprint density at radius 1 is 1.00 bits per heavy atom. The molecule has 0 N–H and O–H groups in total. The number of ether oxygens (including phenoxy) is 2. The van der Waals surface area contributed by atoms with E-state index >= 15 is 0 Å². The van der Waals surface area contributed by atoms with E-state index in [0.717, 1.165) is 11.3 Å². The van der Waals surface area contributed by atoms with Gasteiger partial charge in [-0.2, -0.15) is 0 Å². The van der Waals surface area contributed by atoms with Gasteiger partial charge in [0.05, 0.1) is 14.2 Å². The molecule has 0 heterocycles. The van der Waals surface area contributed by atoms with Crippen LogP contribution in [0, 0.1) is 0 Å². The largest absolute Gasteiger partial charge is 0.497 e. The lowest BCUT2D eigenvalue weighted by Gasteiger charge is -2.18. The third-order valence-corrected chi connectivity index (χ3v) is 3.34. The summed E-state index contributed by atoms with van der Waals surface area (Å²) in [6, 6.07) is 7.30. The van der Waals surface area contributed by atoms with E-state index in [-0.39, 0.29) is 23.2 Å². The standard InChI is InChI=1S/C17H16O4/c1-4-13(11-5-7-12(20-2)8-6-11)14-9-16(19)17(21-3)10-15(14)18/h4-10,13H,1H2,2-3H3/t13-/m0/s1. The number of rotatable bonds is 5. The minimum Gasteiger partial charge on any atom is -0.497 e. The zero-order valence-electron chi connectivity index (χ0n) is 12.0. The second-order valence-electron chi connectivity index (χ2n) is 4.53. The minimum atomic E-state index is -0.345. The first-order chi connectivity index (χ1) is 10.1. The van der Waals surface area contributed by atoms with Gasteiger partial charge in [0, 0.05) is 17.6 Å². The summed E-state index contributed by atoms with van der Waals surface area (Å²) >= 11 is 0. The Labute approximate surface area is 123 Å². The molecule has 0 spiro atoms. The average molecular weight is 284 g/mol. The maximum atomic E-state index is 12.2. The van der Waals surface area contributed by atoms with E-state index in [0.29, 0.717) is 5.57 Å². The summed E-state index contributed by atoms with van der Waals surface area (Å²) in [6.07, 6.45) is 4.18. The van der Waals surface area contributed by atoms with Crippen LogP contribution in [0.5, 0.6) is 5.75 Å². The van der Waals surface area contributed by atoms with Gasteiger partial charge in [-0.05, 0) is 23.8 Å². The Hall–Kier alpha value is -2.62. The Morgan fingerprint density at radius 2 is 1.67 bits per heavy atom. The van der Waals surface area contributed by atoms with Crippen molar-refractivity contribution in [3.63, 3.8) is 0 Å². The molecule has 0 amide bonds. The van der Waals surface area contributed by atoms with Gasteiger partial charge in [0.1, 0.15) is 5.75 Å². The number of carbonyl (C=O) groups is 2. The van der Waals surface area contributed by atoms with E-state index in [1.807, 2.05) is 12.1 Å². The summed E-state index contributed by atoms with van der Waals surface area (Å²) in [5.74, 6) is -0.119. The van der Waals surface area contributed by atoms with Gasteiger partial charge in [-0.15, -0.1) is 6.58 Å². The molecule has 1 atom stereocenters. The molecule has 0 aliphatic heterocycles. The van der Waals surface area contributed by atoms with Crippen LogP contribution in [0.2, 0.25) is 0 Å². The molecule has 0 saturated carbocycles. The van der Waals surface area contributed by atoms with Crippen molar-refractivity contribution < 1.29 is 19.1 Å². The van der Waals surface area contributed by atoms with Crippen LogP contribution in [-0.2, 0) is 14.3 Å². The molecule has 108 valence electrons. The van der Waals surface area contributed by atoms with Crippen molar-refractivity contribution in [2.75, 3.05) is 14.2 Å². The summed E-state index contributed by atoms with van der Waals surface area (Å²) in [4.78, 5) is 24.0. The van der Waals surface area contributed by atoms with Gasteiger partial charge in [-0.25, -0.2) is 0 Å². The monoisotopic (exact) mass is 284 g/mol. The zero-order valence-corrected chi connectivity index (χ0v) is 12.0. The van der Waals surface area contributed by atoms with Gasteiger partial charge in [0.2, 0.25) is 5.78 Å². The Morgan fingerprint density at radius 3 is 2.19 bits per heavy atom. The van der Waals surface area contributed by atoms with E-state index < -0.39 is 0 Å². The third kappa shape index (κ3) is 2.94. The maximum absolute atomic E-state index is 12.2. The highest BCUT2D eigenvalue weighted by Gasteiger charge is 2.26. The SMILES string of the molecule is C=C[C@H](C1=CC(=O)C(OC)=CC1=O)c1ccc(OC)cc1. The summed E-state index contributed by atoms with van der Waals surface area (Å²) in [5, 5.41) is 0. The average Bonchev–Trinajstić information content (AvgIpc) is 2.51. The van der Waals surface area contributed by atoms with Crippen LogP contribution in [0.3, 0.4) is 0 Å². The normalized spacial score (nSPS) is 15.9. The summed E-state index contributed by atoms with van der Waals surface area (Å²) in [7, 11) is 2.95. The number of allylic oxidation sites excluding steroid dienone is 4. The van der Waals surface area contributed by atoms with E-state index in [9.17, 15) is 9.59 Å². The Kier molecular flexibility index (Phi) is 4.38. The van der Waals surface area contributed by atoms with Crippen LogP contribution in [0.1, 0.15) is 11.5 Å². The smallest absolute Gasteiger partial charge is 0.220 e. The van der Waals surface area contributed by atoms with E-state index in [2.05, 4.69) is 6.58 Å². The van der Waals surface area contributed by atoms with Gasteiger partial charge < -0.3 is 9.47 Å². The first-order valence-electron chi connectivity index (χ1n) is 6.43. The molecule has 21 heavy (non-hydrogen) atoms. The van der Waals surface area contributed by atoms with E-state index in [1.165, 1.54) is 19.3 Å². The maximum Gasteiger partial charge on any atom is 0.220 e. The van der Waals surface area contributed by atoms with E-state index in [4.69, 9.17) is 9.47 Å². The summed E-state index contributed by atoms with van der Waals surface area (Å²) in [5.41, 5.74) is 1.26. The summed E-state index contributed by atoms with van der Waals surface area (Å²) < 4.78 is 9.98. The van der Waals surface area contributed by atoms with Crippen LogP contribution in [-0.4, -0.2) is 25.8 Å². The topological polar surface area (TPSA) is 52.6 Å². The Bertz CT molecular complexity index is 635. The lowest BCUT2D eigenvalue weighted by Crippen LogP contribution is -2.18. The molecule has 1 aromatic rings. The lowest BCUT2D eigenvalue weighted by molar-refractivity contribution is -0.117. The summed E-state index contributed by atoms with van der Waals surface area (Å²) in [6.45, 7) is 3.77. The minimum absolute atomic E-state index is 0.0568. The highest BCUT2D eigenvalue weighted by atomic mass is 16.5. The first kappa shape index (κ1) is 14.8. The van der Waals surface area contributed by atoms with Crippen molar-refractivity contribution in [2.45, 2.75) is 5.92 Å². The fourth-order valence-corrected chi connectivity index (χ4v) is 2.21. The lowest BCUT2D eigenvalue weighted by atomic mass is 9.85. The van der Waals surface area contributed by atoms with Crippen molar-refractivity contribution >= 4 is 11.6 Å². The number of methoxy groups -OCH3 is 2. The van der Waals surface area contributed by atoms with Crippen molar-refractivity contribution in [3.05, 3.63) is 66.0 Å². The van der Waals surface area contributed by atoms with E-state index in [1.54, 1.807) is 25.3 Å². The molecule has 1 aromatic carbocycles. The van der Waals surface area contributed by atoms with Gasteiger partial charge >= 0.3 is 0 Å². The predicted octanol–water partition coefficient (Wildman–Crippen LogP) is 2.57. The molecule has 4 heteroatoms. The molecule has 0 aromatic heterocycles. The van der Waals surface area contributed by atoms with Crippen molar-refractivity contribution in [1.82, 2.24) is 0 Å².